The van der Waals surface area contributed by atoms with Gasteiger partial charge in [-0.1, -0.05) is 0 Å². The Morgan fingerprint density at radius 2 is 2.31 bits per heavy atom. The van der Waals surface area contributed by atoms with Gasteiger partial charge in [-0.15, -0.1) is 0 Å². The number of aromatic nitrogens is 2. The minimum Gasteiger partial charge on any atom is -0.378 e. The molecule has 0 unspecified atom stereocenters. The molecule has 1 aromatic rings. The van der Waals surface area contributed by atoms with E-state index in [0.717, 1.165) is 38.2 Å². The molecule has 0 aromatic carbocycles. The third kappa shape index (κ3) is 2.61. The summed E-state index contributed by atoms with van der Waals surface area (Å²) in [7, 11) is 0. The molecule has 1 aliphatic rings. The van der Waals surface area contributed by atoms with Gasteiger partial charge in [-0.05, 0) is 19.8 Å². The van der Waals surface area contributed by atoms with Gasteiger partial charge in [-0.3, -0.25) is 4.79 Å². The molecule has 0 amide bonds. The summed E-state index contributed by atoms with van der Waals surface area (Å²) in [6.45, 7) is 4.65. The molecule has 1 saturated heterocycles. The molecule has 0 bridgehead atoms. The van der Waals surface area contributed by atoms with E-state index < -0.39 is 0 Å². The number of ether oxygens (including phenoxy) is 1. The zero-order valence-corrected chi connectivity index (χ0v) is 9.48. The van der Waals surface area contributed by atoms with Crippen molar-refractivity contribution in [3.8, 4) is 0 Å². The highest BCUT2D eigenvalue weighted by Crippen LogP contribution is 2.18. The monoisotopic (exact) mass is 223 g/mol. The molecule has 1 N–H and O–H groups in total. The fourth-order valence-electron chi connectivity index (χ4n) is 2.06. The number of hydrogen-bond donors (Lipinski definition) is 1. The van der Waals surface area contributed by atoms with Crippen LogP contribution in [0.15, 0.2) is 17.1 Å². The van der Waals surface area contributed by atoms with E-state index in [1.54, 1.807) is 12.3 Å². The van der Waals surface area contributed by atoms with E-state index >= 15 is 0 Å². The molecule has 1 aromatic heterocycles. The van der Waals surface area contributed by atoms with Crippen LogP contribution in [0.5, 0.6) is 0 Å². The fourth-order valence-corrected chi connectivity index (χ4v) is 2.06. The first-order valence-electron chi connectivity index (χ1n) is 5.71. The van der Waals surface area contributed by atoms with Gasteiger partial charge < -0.3 is 9.64 Å². The molecule has 1 aliphatic heterocycles. The normalized spacial score (nSPS) is 17.7. The highest BCUT2D eigenvalue weighted by Gasteiger charge is 2.19. The lowest BCUT2D eigenvalue weighted by atomic mass is 10.1. The van der Waals surface area contributed by atoms with Crippen LogP contribution in [0.2, 0.25) is 0 Å². The maximum Gasteiger partial charge on any atom is 0.266 e. The zero-order valence-electron chi connectivity index (χ0n) is 9.48. The van der Waals surface area contributed by atoms with Gasteiger partial charge in [0, 0.05) is 25.8 Å². The number of hydrogen-bond acceptors (Lipinski definition) is 4. The van der Waals surface area contributed by atoms with Gasteiger partial charge in [0.25, 0.3) is 5.56 Å². The topological polar surface area (TPSA) is 58.2 Å². The maximum atomic E-state index is 11.1. The standard InChI is InChI=1S/C11H17N3O2/c1-2-16-10-3-5-14(6-4-10)9-7-11(15)13-12-8-9/h7-8,10H,2-6H2,1H3,(H,13,15). The van der Waals surface area contributed by atoms with Gasteiger partial charge in [-0.25, -0.2) is 5.10 Å². The van der Waals surface area contributed by atoms with Gasteiger partial charge in [0.15, 0.2) is 0 Å². The van der Waals surface area contributed by atoms with Gasteiger partial charge in [0.2, 0.25) is 0 Å². The predicted octanol–water partition coefficient (Wildman–Crippen LogP) is 0.775. The summed E-state index contributed by atoms with van der Waals surface area (Å²) in [4.78, 5) is 13.3. The van der Waals surface area contributed by atoms with Crippen LogP contribution in [-0.2, 0) is 4.74 Å². The van der Waals surface area contributed by atoms with E-state index in [1.807, 2.05) is 6.92 Å². The Labute approximate surface area is 94.4 Å². The Hall–Kier alpha value is -1.36. The molecule has 0 saturated carbocycles. The molecule has 0 atom stereocenters. The third-order valence-corrected chi connectivity index (χ3v) is 2.86. The lowest BCUT2D eigenvalue weighted by molar-refractivity contribution is 0.0459. The van der Waals surface area contributed by atoms with Crippen molar-refractivity contribution in [2.45, 2.75) is 25.9 Å². The van der Waals surface area contributed by atoms with Gasteiger partial charge in [0.05, 0.1) is 18.0 Å². The van der Waals surface area contributed by atoms with Crippen molar-refractivity contribution >= 4 is 5.69 Å². The quantitative estimate of drug-likeness (QED) is 0.822. The summed E-state index contributed by atoms with van der Waals surface area (Å²) in [6.07, 6.45) is 4.10. The van der Waals surface area contributed by atoms with Crippen molar-refractivity contribution in [1.29, 1.82) is 0 Å². The van der Waals surface area contributed by atoms with Crippen molar-refractivity contribution in [2.75, 3.05) is 24.6 Å². The van der Waals surface area contributed by atoms with Crippen molar-refractivity contribution in [3.63, 3.8) is 0 Å². The fraction of sp³-hybridized carbons (Fsp3) is 0.636. The molecule has 88 valence electrons. The Morgan fingerprint density at radius 1 is 1.56 bits per heavy atom. The molecular formula is C11H17N3O2. The number of rotatable bonds is 3. The number of anilines is 1. The highest BCUT2D eigenvalue weighted by molar-refractivity contribution is 5.43. The zero-order chi connectivity index (χ0) is 11.4. The number of nitrogens with one attached hydrogen (secondary N) is 1. The van der Waals surface area contributed by atoms with Gasteiger partial charge in [0.1, 0.15) is 0 Å². The molecule has 16 heavy (non-hydrogen) atoms. The third-order valence-electron chi connectivity index (χ3n) is 2.86. The molecule has 5 heteroatoms. The second kappa shape index (κ2) is 5.12. The van der Waals surface area contributed by atoms with Crippen molar-refractivity contribution in [2.24, 2.45) is 0 Å². The van der Waals surface area contributed by atoms with Crippen LogP contribution in [0, 0.1) is 0 Å². The van der Waals surface area contributed by atoms with Crippen LogP contribution in [0.25, 0.3) is 0 Å². The summed E-state index contributed by atoms with van der Waals surface area (Å²) in [5.74, 6) is 0. The average Bonchev–Trinajstić information content (AvgIpc) is 2.30. The number of nitrogens with zero attached hydrogens (tertiary/aromatic N) is 2. The maximum absolute atomic E-state index is 11.1. The Kier molecular flexibility index (Phi) is 3.56. The molecule has 1 fully saturated rings. The van der Waals surface area contributed by atoms with Gasteiger partial charge in [-0.2, -0.15) is 5.10 Å². The Bertz CT molecular complexity index is 383. The van der Waals surface area contributed by atoms with E-state index in [9.17, 15) is 4.79 Å². The van der Waals surface area contributed by atoms with E-state index in [4.69, 9.17) is 4.74 Å². The molecule has 2 rings (SSSR count). The lowest BCUT2D eigenvalue weighted by Crippen LogP contribution is -2.37. The molecule has 5 nitrogen and oxygen atoms in total. The van der Waals surface area contributed by atoms with E-state index in [0.29, 0.717) is 6.10 Å². The number of H-pyrrole nitrogens is 1. The van der Waals surface area contributed by atoms with Gasteiger partial charge >= 0.3 is 0 Å². The summed E-state index contributed by atoms with van der Waals surface area (Å²) in [5.41, 5.74) is 0.753. The second-order valence-corrected chi connectivity index (χ2v) is 3.95. The van der Waals surface area contributed by atoms with Crippen LogP contribution in [0.3, 0.4) is 0 Å². The first-order valence-corrected chi connectivity index (χ1v) is 5.71. The first-order chi connectivity index (χ1) is 7.79. The molecular weight excluding hydrogens is 206 g/mol. The predicted molar refractivity (Wildman–Crippen MR) is 61.7 cm³/mol. The molecule has 0 spiro atoms. The largest absolute Gasteiger partial charge is 0.378 e. The van der Waals surface area contributed by atoms with Crippen LogP contribution in [-0.4, -0.2) is 36.0 Å². The summed E-state index contributed by atoms with van der Waals surface area (Å²) >= 11 is 0. The summed E-state index contributed by atoms with van der Waals surface area (Å²) in [6, 6.07) is 1.59. The number of piperidine rings is 1. The van der Waals surface area contributed by atoms with Crippen LogP contribution in [0.4, 0.5) is 5.69 Å². The minimum atomic E-state index is -0.149. The van der Waals surface area contributed by atoms with Crippen molar-refractivity contribution < 1.29 is 4.74 Å². The number of aromatic amines is 1. The summed E-state index contributed by atoms with van der Waals surface area (Å²) < 4.78 is 5.58. The smallest absolute Gasteiger partial charge is 0.266 e. The Balaban J connectivity index is 1.96. The van der Waals surface area contributed by atoms with E-state index in [-0.39, 0.29) is 5.56 Å². The van der Waals surface area contributed by atoms with Crippen molar-refractivity contribution in [1.82, 2.24) is 10.2 Å². The van der Waals surface area contributed by atoms with Crippen LogP contribution in [0.1, 0.15) is 19.8 Å². The Morgan fingerprint density at radius 3 is 2.94 bits per heavy atom. The SMILES string of the molecule is CCOC1CCN(c2cn[nH]c(=O)c2)CC1. The summed E-state index contributed by atoms with van der Waals surface area (Å²) in [5, 5.41) is 6.19. The lowest BCUT2D eigenvalue weighted by Gasteiger charge is -2.32. The highest BCUT2D eigenvalue weighted by atomic mass is 16.5. The molecule has 0 aliphatic carbocycles. The van der Waals surface area contributed by atoms with Crippen LogP contribution >= 0.6 is 0 Å². The van der Waals surface area contributed by atoms with Crippen LogP contribution < -0.4 is 10.5 Å². The second-order valence-electron chi connectivity index (χ2n) is 3.95. The van der Waals surface area contributed by atoms with E-state index in [1.165, 1.54) is 0 Å². The van der Waals surface area contributed by atoms with Crippen molar-refractivity contribution in [3.05, 3.63) is 22.6 Å². The average molecular weight is 223 g/mol. The van der Waals surface area contributed by atoms with E-state index in [2.05, 4.69) is 15.1 Å². The molecule has 2 heterocycles. The first kappa shape index (κ1) is 11.1. The minimum absolute atomic E-state index is 0.149. The molecule has 0 radical (unpaired) electrons.